The van der Waals surface area contributed by atoms with Gasteiger partial charge in [0.05, 0.1) is 10.5 Å². The molecule has 0 aliphatic carbocycles. The van der Waals surface area contributed by atoms with Gasteiger partial charge in [-0.25, -0.2) is 0 Å². The highest BCUT2D eigenvalue weighted by molar-refractivity contribution is 7.99. The van der Waals surface area contributed by atoms with Crippen LogP contribution in [-0.4, -0.2) is 87.4 Å². The molecular weight excluding hydrogens is 856 g/mol. The predicted molar refractivity (Wildman–Crippen MR) is 244 cm³/mol. The van der Waals surface area contributed by atoms with E-state index in [1.807, 2.05) is 76.7 Å². The van der Waals surface area contributed by atoms with E-state index in [4.69, 9.17) is 0 Å². The number of hydrogen-bond acceptors (Lipinski definition) is 10. The van der Waals surface area contributed by atoms with Gasteiger partial charge in [0.2, 0.25) is 0 Å². The number of nitrogens with zero attached hydrogens (tertiary/aromatic N) is 3. The van der Waals surface area contributed by atoms with Crippen molar-refractivity contribution in [2.75, 3.05) is 52.8 Å². The van der Waals surface area contributed by atoms with Crippen LogP contribution >= 0.6 is 23.5 Å². The zero-order valence-electron chi connectivity index (χ0n) is 34.6. The van der Waals surface area contributed by atoms with Crippen molar-refractivity contribution in [2.45, 2.75) is 16.0 Å². The quantitative estimate of drug-likeness (QED) is 0.0759. The molecule has 0 aliphatic rings. The molecule has 0 saturated heterocycles. The minimum absolute atomic E-state index is 0.0234. The lowest BCUT2D eigenvalue weighted by Crippen LogP contribution is -2.46. The second-order valence-corrected chi connectivity index (χ2v) is 16.8. The number of aromatic nitrogens is 4. The number of alkyl halides is 3. The summed E-state index contributed by atoms with van der Waals surface area (Å²) in [5.41, 5.74) is -0.926. The molecule has 0 radical (unpaired) electrons. The Balaban J connectivity index is 0.000000238. The number of H-pyrrole nitrogens is 4. The molecule has 6 rings (SSSR count). The van der Waals surface area contributed by atoms with E-state index in [2.05, 4.69) is 29.7 Å². The van der Waals surface area contributed by atoms with E-state index in [0.717, 1.165) is 57.6 Å². The van der Waals surface area contributed by atoms with Crippen molar-refractivity contribution in [1.82, 2.24) is 29.7 Å². The van der Waals surface area contributed by atoms with E-state index in [-0.39, 0.29) is 32.6 Å². The maximum absolute atomic E-state index is 12.9. The fraction of sp³-hybridized carbons (Fsp3) is 0.200. The Labute approximate surface area is 366 Å². The van der Waals surface area contributed by atoms with Crippen LogP contribution in [0.25, 0.3) is 24.3 Å². The molecule has 6 aromatic rings. The van der Waals surface area contributed by atoms with Gasteiger partial charge in [0.15, 0.2) is 0 Å². The van der Waals surface area contributed by atoms with Gasteiger partial charge < -0.3 is 29.7 Å². The normalized spacial score (nSPS) is 12.8. The van der Waals surface area contributed by atoms with Gasteiger partial charge in [0.25, 0.3) is 27.9 Å². The van der Waals surface area contributed by atoms with Crippen molar-refractivity contribution in [1.29, 1.82) is 0 Å². The second-order valence-electron chi connectivity index (χ2n) is 14.5. The van der Waals surface area contributed by atoms with Gasteiger partial charge in [0.1, 0.15) is 21.4 Å². The Kier molecular flexibility index (Phi) is 16.7. The van der Waals surface area contributed by atoms with E-state index in [1.165, 1.54) is 42.5 Å². The van der Waals surface area contributed by atoms with Crippen LogP contribution in [-0.2, 0) is 6.18 Å². The Hall–Kier alpha value is -6.47. The number of halogens is 3. The van der Waals surface area contributed by atoms with Crippen LogP contribution in [0.5, 0.6) is 0 Å². The largest absolute Gasteiger partial charge is 0.416 e. The van der Waals surface area contributed by atoms with Gasteiger partial charge >= 0.3 is 6.18 Å². The van der Waals surface area contributed by atoms with Crippen molar-refractivity contribution in [3.8, 4) is 0 Å². The average Bonchev–Trinajstić information content (AvgIpc) is 3.23. The maximum atomic E-state index is 12.9. The molecule has 0 aliphatic heterocycles. The van der Waals surface area contributed by atoms with Crippen LogP contribution in [0, 0.1) is 10.1 Å². The van der Waals surface area contributed by atoms with Crippen LogP contribution < -0.4 is 43.6 Å². The molecule has 18 heteroatoms. The zero-order chi connectivity index (χ0) is 45.7. The fourth-order valence-corrected chi connectivity index (χ4v) is 7.65. The first-order valence-electron chi connectivity index (χ1n) is 19.2. The van der Waals surface area contributed by atoms with Crippen LogP contribution in [0.4, 0.5) is 18.9 Å². The van der Waals surface area contributed by atoms with Gasteiger partial charge in [-0.1, -0.05) is 48.5 Å². The number of thioether (sulfide) groups is 2. The molecule has 4 aromatic carbocycles. The van der Waals surface area contributed by atoms with E-state index >= 15 is 0 Å². The maximum Gasteiger partial charge on any atom is 0.416 e. The standard InChI is InChI=1S/C23H22F3N3O2S.C22H22N4O4S/c1-29(2)10-11-32-18-8-6-15(7-9-18)13-19-21(30)28-20(22(31)27-19)14-16-4-3-5-17(12-16)23(24,25)26;1-25(2)10-11-31-18-8-6-15(7-9-18)13-19-21(27)24-20(22(28)23-19)14-16-4-3-5-17(12-16)26(29)30/h3-9,12-14H,10-11H2,1-2H3,(H,27,31)(H,28,30);3-9,12-14H,10-11H2,1-2H3,(H,23,28)(H,24,27)/b2*19-13-,20-14-. The molecule has 328 valence electrons. The molecule has 63 heavy (non-hydrogen) atoms. The monoisotopic (exact) mass is 899 g/mol. The number of nitro groups is 1. The summed E-state index contributed by atoms with van der Waals surface area (Å²) in [6, 6.07) is 25.6. The highest BCUT2D eigenvalue weighted by atomic mass is 32.2. The summed E-state index contributed by atoms with van der Waals surface area (Å²) in [6.07, 6.45) is 1.26. The van der Waals surface area contributed by atoms with Crippen molar-refractivity contribution in [3.63, 3.8) is 0 Å². The number of aromatic amines is 4. The molecule has 2 aromatic heterocycles. The molecule has 13 nitrogen and oxygen atoms in total. The fourth-order valence-electron chi connectivity index (χ4n) is 5.60. The van der Waals surface area contributed by atoms with E-state index in [9.17, 15) is 42.5 Å². The Morgan fingerprint density at radius 3 is 1.29 bits per heavy atom. The molecule has 0 bridgehead atoms. The van der Waals surface area contributed by atoms with Crippen LogP contribution in [0.3, 0.4) is 0 Å². The van der Waals surface area contributed by atoms with Gasteiger partial charge in [0, 0.05) is 46.5 Å². The minimum Gasteiger partial charge on any atom is -0.316 e. The number of hydrogen-bond donors (Lipinski definition) is 4. The molecule has 0 fully saturated rings. The molecule has 2 heterocycles. The molecular formula is C45H44F3N7O6S2. The molecule has 0 unspecified atom stereocenters. The summed E-state index contributed by atoms with van der Waals surface area (Å²) in [6.45, 7) is 1.94. The van der Waals surface area contributed by atoms with Crippen molar-refractivity contribution < 1.29 is 18.1 Å². The summed E-state index contributed by atoms with van der Waals surface area (Å²) < 4.78 is 38.6. The Bertz CT molecular complexity index is 3040. The predicted octanol–water partition coefficient (Wildman–Crippen LogP) is 3.68. The number of non-ortho nitro benzene ring substituents is 1. The first-order chi connectivity index (χ1) is 29.9. The second kappa shape index (κ2) is 22.1. The summed E-state index contributed by atoms with van der Waals surface area (Å²) in [7, 11) is 8.09. The molecule has 4 N–H and O–H groups in total. The lowest BCUT2D eigenvalue weighted by Gasteiger charge is -2.08. The summed E-state index contributed by atoms with van der Waals surface area (Å²) in [5, 5.41) is 11.0. The van der Waals surface area contributed by atoms with Gasteiger partial charge in [-0.15, -0.1) is 23.5 Å². The summed E-state index contributed by atoms with van der Waals surface area (Å²) in [5.74, 6) is 1.93. The SMILES string of the molecule is CN(C)CCSc1ccc(/C=c2\[nH]c(=O)/c(=C/c3cccc(C(F)(F)F)c3)[nH]c2=O)cc1.CN(C)CCSc1ccc(/C=c2\[nH]c(=O)/c(=C/c3cccc([N+](=O)[O-])c3)[nH]c2=O)cc1. The lowest BCUT2D eigenvalue weighted by molar-refractivity contribution is -0.384. The highest BCUT2D eigenvalue weighted by Gasteiger charge is 2.30. The third-order valence-corrected chi connectivity index (χ3v) is 10.9. The number of benzene rings is 4. The van der Waals surface area contributed by atoms with Gasteiger partial charge in [-0.05, 0) is 111 Å². The third kappa shape index (κ3) is 14.8. The first kappa shape index (κ1) is 47.6. The smallest absolute Gasteiger partial charge is 0.316 e. The van der Waals surface area contributed by atoms with E-state index in [0.29, 0.717) is 5.56 Å². The number of nitro benzene ring substituents is 1. The molecule has 0 atom stereocenters. The van der Waals surface area contributed by atoms with Gasteiger partial charge in [-0.2, -0.15) is 13.2 Å². The Morgan fingerprint density at radius 2 is 0.921 bits per heavy atom. The molecule has 0 amide bonds. The summed E-state index contributed by atoms with van der Waals surface area (Å²) in [4.78, 5) is 76.6. The third-order valence-electron chi connectivity index (χ3n) is 8.88. The highest BCUT2D eigenvalue weighted by Crippen LogP contribution is 2.29. The zero-order valence-corrected chi connectivity index (χ0v) is 36.2. The Morgan fingerprint density at radius 1 is 0.556 bits per heavy atom. The van der Waals surface area contributed by atoms with Gasteiger partial charge in [-0.3, -0.25) is 29.3 Å². The van der Waals surface area contributed by atoms with E-state index < -0.39 is 38.9 Å². The molecule has 0 spiro atoms. The lowest BCUT2D eigenvalue weighted by atomic mass is 10.1. The number of rotatable bonds is 13. The average molecular weight is 900 g/mol. The van der Waals surface area contributed by atoms with Crippen LogP contribution in [0.15, 0.2) is 126 Å². The van der Waals surface area contributed by atoms with Crippen molar-refractivity contribution in [3.05, 3.63) is 198 Å². The van der Waals surface area contributed by atoms with Crippen LogP contribution in [0.2, 0.25) is 0 Å². The van der Waals surface area contributed by atoms with Crippen LogP contribution in [0.1, 0.15) is 27.8 Å². The number of nitrogens with one attached hydrogen (secondary N) is 4. The summed E-state index contributed by atoms with van der Waals surface area (Å²) >= 11 is 3.47. The topological polar surface area (TPSA) is 181 Å². The first-order valence-corrected chi connectivity index (χ1v) is 21.2. The van der Waals surface area contributed by atoms with Crippen molar-refractivity contribution >= 4 is 53.5 Å². The van der Waals surface area contributed by atoms with E-state index in [1.54, 1.807) is 41.7 Å². The minimum atomic E-state index is -4.50. The molecule has 0 saturated carbocycles. The van der Waals surface area contributed by atoms with Crippen molar-refractivity contribution in [2.24, 2.45) is 0 Å².